The molecule has 0 atom stereocenters. The van der Waals surface area contributed by atoms with Crippen molar-refractivity contribution in [2.75, 3.05) is 33.4 Å². The van der Waals surface area contributed by atoms with Gasteiger partial charge in [-0.25, -0.2) is 0 Å². The van der Waals surface area contributed by atoms with Gasteiger partial charge in [0.15, 0.2) is 0 Å². The van der Waals surface area contributed by atoms with Gasteiger partial charge in [0.25, 0.3) is 0 Å². The van der Waals surface area contributed by atoms with E-state index in [9.17, 15) is 0 Å². The van der Waals surface area contributed by atoms with Crippen molar-refractivity contribution < 1.29 is 9.47 Å². The van der Waals surface area contributed by atoms with Crippen molar-refractivity contribution in [3.8, 4) is 11.8 Å². The summed E-state index contributed by atoms with van der Waals surface area (Å²) >= 11 is 0. The van der Waals surface area contributed by atoms with Gasteiger partial charge in [0.2, 0.25) is 0 Å². The predicted octanol–water partition coefficient (Wildman–Crippen LogP) is 2.05. The summed E-state index contributed by atoms with van der Waals surface area (Å²) in [6.45, 7) is 3.63. The molecule has 1 saturated heterocycles. The third-order valence-corrected chi connectivity index (χ3v) is 3.54. The molecule has 1 aromatic rings. The maximum Gasteiger partial charge on any atom is 0.137 e. The van der Waals surface area contributed by atoms with Crippen LogP contribution in [0.2, 0.25) is 0 Å². The van der Waals surface area contributed by atoms with Crippen molar-refractivity contribution in [1.29, 1.82) is 5.26 Å². The summed E-state index contributed by atoms with van der Waals surface area (Å²) in [6, 6.07) is 9.50. The van der Waals surface area contributed by atoms with E-state index in [1.165, 1.54) is 0 Å². The Morgan fingerprint density at radius 3 is 2.74 bits per heavy atom. The lowest BCUT2D eigenvalue weighted by Crippen LogP contribution is -2.38. The minimum absolute atomic E-state index is 0.413. The summed E-state index contributed by atoms with van der Waals surface area (Å²) in [4.78, 5) is 2.38. The van der Waals surface area contributed by atoms with Gasteiger partial charge >= 0.3 is 0 Å². The molecule has 1 heterocycles. The van der Waals surface area contributed by atoms with E-state index in [2.05, 4.69) is 11.0 Å². The molecule has 1 aromatic carbocycles. The molecule has 19 heavy (non-hydrogen) atoms. The molecular formula is C15H20N2O2. The van der Waals surface area contributed by atoms with Gasteiger partial charge in [-0.3, -0.25) is 4.90 Å². The molecule has 0 spiro atoms. The van der Waals surface area contributed by atoms with Crippen LogP contribution in [0.15, 0.2) is 24.3 Å². The zero-order valence-corrected chi connectivity index (χ0v) is 11.3. The van der Waals surface area contributed by atoms with Crippen molar-refractivity contribution >= 4 is 0 Å². The third-order valence-electron chi connectivity index (χ3n) is 3.54. The number of nitriles is 1. The first-order valence-corrected chi connectivity index (χ1v) is 6.70. The van der Waals surface area contributed by atoms with Crippen molar-refractivity contribution in [2.45, 2.75) is 18.9 Å². The van der Waals surface area contributed by atoms with Crippen LogP contribution in [0.5, 0.6) is 5.75 Å². The van der Waals surface area contributed by atoms with Gasteiger partial charge in [0.05, 0.1) is 11.7 Å². The largest absolute Gasteiger partial charge is 0.491 e. The van der Waals surface area contributed by atoms with E-state index in [1.807, 2.05) is 18.2 Å². The number of piperidine rings is 1. The van der Waals surface area contributed by atoms with E-state index in [0.717, 1.165) is 32.5 Å². The SMILES string of the molecule is COC1CCN(CCOc2ccccc2C#N)CC1. The average molecular weight is 260 g/mol. The van der Waals surface area contributed by atoms with Crippen LogP contribution >= 0.6 is 0 Å². The van der Waals surface area contributed by atoms with Crippen molar-refractivity contribution in [1.82, 2.24) is 4.90 Å². The highest BCUT2D eigenvalue weighted by Gasteiger charge is 2.18. The number of hydrogen-bond acceptors (Lipinski definition) is 4. The minimum atomic E-state index is 0.413. The van der Waals surface area contributed by atoms with Gasteiger partial charge in [-0.2, -0.15) is 5.26 Å². The van der Waals surface area contributed by atoms with Crippen LogP contribution in [-0.2, 0) is 4.74 Å². The first kappa shape index (κ1) is 13.9. The van der Waals surface area contributed by atoms with Gasteiger partial charge < -0.3 is 9.47 Å². The van der Waals surface area contributed by atoms with Gasteiger partial charge in [0, 0.05) is 26.7 Å². The maximum atomic E-state index is 8.97. The lowest BCUT2D eigenvalue weighted by molar-refractivity contribution is 0.0375. The normalized spacial score (nSPS) is 17.1. The summed E-state index contributed by atoms with van der Waals surface area (Å²) in [7, 11) is 1.78. The minimum Gasteiger partial charge on any atom is -0.491 e. The number of ether oxygens (including phenoxy) is 2. The Morgan fingerprint density at radius 1 is 1.32 bits per heavy atom. The Labute approximate surface area is 114 Å². The van der Waals surface area contributed by atoms with E-state index in [4.69, 9.17) is 14.7 Å². The zero-order valence-electron chi connectivity index (χ0n) is 11.3. The molecule has 0 aliphatic carbocycles. The number of nitrogens with zero attached hydrogens (tertiary/aromatic N) is 2. The van der Waals surface area contributed by atoms with Crippen LogP contribution in [0.25, 0.3) is 0 Å². The van der Waals surface area contributed by atoms with E-state index in [-0.39, 0.29) is 0 Å². The van der Waals surface area contributed by atoms with E-state index < -0.39 is 0 Å². The molecule has 2 rings (SSSR count). The smallest absolute Gasteiger partial charge is 0.137 e. The average Bonchev–Trinajstić information content (AvgIpc) is 2.48. The molecule has 0 N–H and O–H groups in total. The third kappa shape index (κ3) is 3.95. The van der Waals surface area contributed by atoms with Crippen LogP contribution in [0.4, 0.5) is 0 Å². The molecule has 1 aliphatic heterocycles. The molecule has 1 fully saturated rings. The molecule has 0 amide bonds. The number of benzene rings is 1. The number of para-hydroxylation sites is 1. The number of rotatable bonds is 5. The van der Waals surface area contributed by atoms with E-state index in [1.54, 1.807) is 13.2 Å². The molecule has 0 radical (unpaired) electrons. The topological polar surface area (TPSA) is 45.5 Å². The second-order valence-electron chi connectivity index (χ2n) is 4.73. The standard InChI is InChI=1S/C15H20N2O2/c1-18-14-6-8-17(9-7-14)10-11-19-15-5-3-2-4-13(15)12-16/h2-5,14H,6-11H2,1H3. The first-order valence-electron chi connectivity index (χ1n) is 6.70. The number of hydrogen-bond donors (Lipinski definition) is 0. The Kier molecular flexibility index (Phi) is 5.20. The summed E-state index contributed by atoms with van der Waals surface area (Å²) < 4.78 is 11.0. The van der Waals surface area contributed by atoms with Crippen LogP contribution < -0.4 is 4.74 Å². The quantitative estimate of drug-likeness (QED) is 0.813. The fraction of sp³-hybridized carbons (Fsp3) is 0.533. The monoisotopic (exact) mass is 260 g/mol. The summed E-state index contributed by atoms with van der Waals surface area (Å²) in [5.74, 6) is 0.678. The summed E-state index contributed by atoms with van der Waals surface area (Å²) in [5.41, 5.74) is 0.598. The molecule has 0 bridgehead atoms. The van der Waals surface area contributed by atoms with Crippen molar-refractivity contribution in [3.05, 3.63) is 29.8 Å². The molecule has 102 valence electrons. The van der Waals surface area contributed by atoms with Crippen LogP contribution in [-0.4, -0.2) is 44.4 Å². The van der Waals surface area contributed by atoms with Crippen molar-refractivity contribution in [2.24, 2.45) is 0 Å². The second-order valence-corrected chi connectivity index (χ2v) is 4.73. The molecular weight excluding hydrogens is 240 g/mol. The molecule has 0 aromatic heterocycles. The molecule has 0 unspecified atom stereocenters. The van der Waals surface area contributed by atoms with E-state index in [0.29, 0.717) is 24.0 Å². The van der Waals surface area contributed by atoms with Crippen LogP contribution in [0, 0.1) is 11.3 Å². The molecule has 4 nitrogen and oxygen atoms in total. The lowest BCUT2D eigenvalue weighted by atomic mass is 10.1. The fourth-order valence-electron chi connectivity index (χ4n) is 2.34. The Balaban J connectivity index is 1.74. The highest BCUT2D eigenvalue weighted by atomic mass is 16.5. The van der Waals surface area contributed by atoms with Gasteiger partial charge in [-0.15, -0.1) is 0 Å². The van der Waals surface area contributed by atoms with Crippen LogP contribution in [0.1, 0.15) is 18.4 Å². The second kappa shape index (κ2) is 7.13. The summed E-state index contributed by atoms with van der Waals surface area (Å²) in [5, 5.41) is 8.97. The highest BCUT2D eigenvalue weighted by Crippen LogP contribution is 2.17. The Morgan fingerprint density at radius 2 is 2.05 bits per heavy atom. The Hall–Kier alpha value is -1.57. The number of methoxy groups -OCH3 is 1. The molecule has 4 heteroatoms. The summed E-state index contributed by atoms with van der Waals surface area (Å²) in [6.07, 6.45) is 2.59. The Bertz CT molecular complexity index is 434. The number of likely N-dealkylation sites (tertiary alicyclic amines) is 1. The highest BCUT2D eigenvalue weighted by molar-refractivity contribution is 5.42. The van der Waals surface area contributed by atoms with E-state index >= 15 is 0 Å². The predicted molar refractivity (Wildman–Crippen MR) is 73.1 cm³/mol. The van der Waals surface area contributed by atoms with Gasteiger partial charge in [0.1, 0.15) is 18.4 Å². The lowest BCUT2D eigenvalue weighted by Gasteiger charge is -2.30. The van der Waals surface area contributed by atoms with Gasteiger partial charge in [-0.1, -0.05) is 12.1 Å². The first-order chi connectivity index (χ1) is 9.33. The fourth-order valence-corrected chi connectivity index (χ4v) is 2.34. The van der Waals surface area contributed by atoms with Crippen molar-refractivity contribution in [3.63, 3.8) is 0 Å². The van der Waals surface area contributed by atoms with Crippen LogP contribution in [0.3, 0.4) is 0 Å². The zero-order chi connectivity index (χ0) is 13.5. The maximum absolute atomic E-state index is 8.97. The van der Waals surface area contributed by atoms with Gasteiger partial charge in [-0.05, 0) is 25.0 Å². The molecule has 0 saturated carbocycles. The molecule has 1 aliphatic rings.